The number of carbonyl (C=O) groups is 3. The van der Waals surface area contributed by atoms with Crippen molar-refractivity contribution in [2.45, 2.75) is 57.2 Å². The predicted molar refractivity (Wildman–Crippen MR) is 137 cm³/mol. The van der Waals surface area contributed by atoms with Gasteiger partial charge in [0.1, 0.15) is 18.1 Å². The number of hydrogen-bond acceptors (Lipinski definition) is 7. The molecule has 3 aliphatic rings. The zero-order valence-corrected chi connectivity index (χ0v) is 21.5. The number of nitrogens with zero attached hydrogens (tertiary/aromatic N) is 3. The molecule has 1 N–H and O–H groups in total. The molecule has 0 aliphatic carbocycles. The molecular formula is C28H34N4O5. The topological polar surface area (TPSA) is 101 Å². The van der Waals surface area contributed by atoms with Gasteiger partial charge in [-0.15, -0.1) is 0 Å². The van der Waals surface area contributed by atoms with E-state index in [-0.39, 0.29) is 23.7 Å². The Morgan fingerprint density at radius 1 is 1.30 bits per heavy atom. The van der Waals surface area contributed by atoms with Crippen molar-refractivity contribution in [3.8, 4) is 11.6 Å². The number of rotatable bonds is 9. The van der Waals surface area contributed by atoms with Crippen molar-refractivity contribution in [1.29, 1.82) is 0 Å². The van der Waals surface area contributed by atoms with E-state index in [0.29, 0.717) is 37.6 Å². The molecule has 0 bridgehead atoms. The minimum absolute atomic E-state index is 0.0657. The van der Waals surface area contributed by atoms with Gasteiger partial charge in [0.2, 0.25) is 11.8 Å². The van der Waals surface area contributed by atoms with E-state index in [0.717, 1.165) is 50.1 Å². The summed E-state index contributed by atoms with van der Waals surface area (Å²) in [7, 11) is 1.55. The van der Waals surface area contributed by atoms with Crippen molar-refractivity contribution in [1.82, 2.24) is 20.1 Å². The largest absolute Gasteiger partial charge is 0.492 e. The summed E-state index contributed by atoms with van der Waals surface area (Å²) in [4.78, 5) is 45.0. The molecule has 0 radical (unpaired) electrons. The van der Waals surface area contributed by atoms with Gasteiger partial charge in [-0.05, 0) is 57.0 Å². The number of hydrogen-bond donors (Lipinski definition) is 1. The van der Waals surface area contributed by atoms with E-state index in [1.54, 1.807) is 18.1 Å². The first-order valence-electron chi connectivity index (χ1n) is 13.0. The van der Waals surface area contributed by atoms with Crippen molar-refractivity contribution in [3.05, 3.63) is 52.7 Å². The first-order chi connectivity index (χ1) is 18.0. The first kappa shape index (κ1) is 25.2. The Kier molecular flexibility index (Phi) is 7.15. The number of likely N-dealkylation sites (N-methyl/N-ethyl adjacent to an activating group) is 1. The monoisotopic (exact) mass is 506 g/mol. The lowest BCUT2D eigenvalue weighted by molar-refractivity contribution is -0.125. The minimum Gasteiger partial charge on any atom is -0.492 e. The van der Waals surface area contributed by atoms with Crippen molar-refractivity contribution < 1.29 is 23.9 Å². The Morgan fingerprint density at radius 2 is 2.11 bits per heavy atom. The standard InChI is InChI=1S/C28H34N4O5/c1-3-36-24-15-19(8-11-30-24)16-31-12-9-28(10-13-31)18-37-25-21-17-32(23(5-4-14-33)26(34)29-2)27(35)20(21)6-7-22(25)28/h6-8,11,14-15,23H,3-5,9-10,12-13,16-18H2,1-2H3,(H,29,34). The molecule has 2 aromatic rings. The van der Waals surface area contributed by atoms with Crippen LogP contribution in [0.15, 0.2) is 30.5 Å². The van der Waals surface area contributed by atoms with Crippen LogP contribution in [0.25, 0.3) is 0 Å². The van der Waals surface area contributed by atoms with Gasteiger partial charge in [-0.3, -0.25) is 14.5 Å². The number of amides is 2. The van der Waals surface area contributed by atoms with Crippen LogP contribution in [0.3, 0.4) is 0 Å². The maximum Gasteiger partial charge on any atom is 0.255 e. The number of pyridine rings is 1. The molecule has 37 heavy (non-hydrogen) atoms. The molecule has 0 saturated carbocycles. The van der Waals surface area contributed by atoms with Crippen molar-refractivity contribution in [2.75, 3.05) is 33.4 Å². The average molecular weight is 507 g/mol. The average Bonchev–Trinajstić information content (AvgIpc) is 3.44. The van der Waals surface area contributed by atoms with E-state index < -0.39 is 6.04 Å². The van der Waals surface area contributed by atoms with Gasteiger partial charge < -0.3 is 24.5 Å². The third kappa shape index (κ3) is 4.68. The third-order valence-electron chi connectivity index (χ3n) is 7.94. The fourth-order valence-electron chi connectivity index (χ4n) is 5.91. The lowest BCUT2D eigenvalue weighted by Crippen LogP contribution is -2.46. The first-order valence-corrected chi connectivity index (χ1v) is 13.0. The maximum atomic E-state index is 13.3. The highest BCUT2D eigenvalue weighted by molar-refractivity contribution is 6.02. The fraction of sp³-hybridized carbons (Fsp3) is 0.500. The number of carbonyl (C=O) groups excluding carboxylic acids is 3. The van der Waals surface area contributed by atoms with E-state index in [9.17, 15) is 14.4 Å². The molecule has 1 atom stereocenters. The molecule has 1 aromatic carbocycles. The Hall–Kier alpha value is -3.46. The Bertz CT molecular complexity index is 1190. The zero-order valence-electron chi connectivity index (χ0n) is 21.5. The molecule has 1 unspecified atom stereocenters. The van der Waals surface area contributed by atoms with Crippen LogP contribution < -0.4 is 14.8 Å². The third-order valence-corrected chi connectivity index (χ3v) is 7.94. The summed E-state index contributed by atoms with van der Waals surface area (Å²) in [6, 6.07) is 7.31. The lowest BCUT2D eigenvalue weighted by atomic mass is 9.74. The molecule has 2 amide bonds. The Morgan fingerprint density at radius 3 is 2.84 bits per heavy atom. The normalized spacial score (nSPS) is 18.8. The van der Waals surface area contributed by atoms with E-state index in [4.69, 9.17) is 9.47 Å². The second-order valence-corrected chi connectivity index (χ2v) is 10.1. The van der Waals surface area contributed by atoms with Gasteiger partial charge in [0.05, 0.1) is 19.8 Å². The fourth-order valence-corrected chi connectivity index (χ4v) is 5.91. The van der Waals surface area contributed by atoms with Crippen LogP contribution in [0.2, 0.25) is 0 Å². The number of ether oxygens (including phenoxy) is 2. The van der Waals surface area contributed by atoms with Crippen molar-refractivity contribution >= 4 is 18.1 Å². The lowest BCUT2D eigenvalue weighted by Gasteiger charge is -2.38. The van der Waals surface area contributed by atoms with Gasteiger partial charge >= 0.3 is 0 Å². The van der Waals surface area contributed by atoms with Crippen LogP contribution in [0.1, 0.15) is 59.7 Å². The highest BCUT2D eigenvalue weighted by Gasteiger charge is 2.47. The number of piperidine rings is 1. The molecular weight excluding hydrogens is 472 g/mol. The van der Waals surface area contributed by atoms with Crippen LogP contribution in [0, 0.1) is 0 Å². The second kappa shape index (κ2) is 10.5. The van der Waals surface area contributed by atoms with E-state index >= 15 is 0 Å². The number of nitrogens with one attached hydrogen (secondary N) is 1. The molecule has 3 aliphatic heterocycles. The number of benzene rings is 1. The van der Waals surface area contributed by atoms with Crippen molar-refractivity contribution in [3.63, 3.8) is 0 Å². The van der Waals surface area contributed by atoms with Crippen LogP contribution in [-0.4, -0.2) is 72.3 Å². The van der Waals surface area contributed by atoms with E-state index in [2.05, 4.69) is 21.3 Å². The van der Waals surface area contributed by atoms with Gasteiger partial charge in [0.25, 0.3) is 5.91 Å². The molecule has 1 spiro atoms. The molecule has 4 heterocycles. The predicted octanol–water partition coefficient (Wildman–Crippen LogP) is 2.46. The molecule has 5 rings (SSSR count). The summed E-state index contributed by atoms with van der Waals surface area (Å²) in [6.07, 6.45) is 5.05. The van der Waals surface area contributed by atoms with Crippen LogP contribution in [-0.2, 0) is 28.1 Å². The quantitative estimate of drug-likeness (QED) is 0.522. The van der Waals surface area contributed by atoms with Gasteiger partial charge in [0.15, 0.2) is 0 Å². The molecule has 9 nitrogen and oxygen atoms in total. The Labute approximate surface area is 217 Å². The van der Waals surface area contributed by atoms with E-state index in [1.165, 1.54) is 11.1 Å². The zero-order chi connectivity index (χ0) is 26.0. The highest BCUT2D eigenvalue weighted by atomic mass is 16.5. The number of likely N-dealkylation sites (tertiary alicyclic amines) is 1. The van der Waals surface area contributed by atoms with E-state index in [1.807, 2.05) is 25.1 Å². The van der Waals surface area contributed by atoms with Gasteiger partial charge in [-0.1, -0.05) is 6.07 Å². The number of fused-ring (bicyclic) bond motifs is 4. The maximum absolute atomic E-state index is 13.3. The second-order valence-electron chi connectivity index (χ2n) is 10.1. The number of aldehydes is 1. The summed E-state index contributed by atoms with van der Waals surface area (Å²) in [5, 5.41) is 2.63. The summed E-state index contributed by atoms with van der Waals surface area (Å²) >= 11 is 0. The molecule has 1 aromatic heterocycles. The molecule has 9 heteroatoms. The molecule has 1 fully saturated rings. The van der Waals surface area contributed by atoms with Gasteiger partial charge in [-0.2, -0.15) is 0 Å². The Balaban J connectivity index is 1.30. The highest BCUT2D eigenvalue weighted by Crippen LogP contribution is 2.49. The number of aromatic nitrogens is 1. The molecule has 1 saturated heterocycles. The SMILES string of the molecule is CCOc1cc(CN2CCC3(CC2)COc2c3ccc3c2CN(C(CCC=O)C(=O)NC)C3=O)ccn1. The van der Waals surface area contributed by atoms with Crippen LogP contribution in [0.4, 0.5) is 0 Å². The summed E-state index contributed by atoms with van der Waals surface area (Å²) in [5.41, 5.74) is 3.75. The minimum atomic E-state index is -0.680. The smallest absolute Gasteiger partial charge is 0.255 e. The van der Waals surface area contributed by atoms with Gasteiger partial charge in [-0.25, -0.2) is 4.98 Å². The van der Waals surface area contributed by atoms with Gasteiger partial charge in [0, 0.05) is 54.4 Å². The molecule has 196 valence electrons. The van der Waals surface area contributed by atoms with Crippen molar-refractivity contribution in [2.24, 2.45) is 0 Å². The summed E-state index contributed by atoms with van der Waals surface area (Å²) < 4.78 is 11.8. The van der Waals surface area contributed by atoms with Crippen LogP contribution in [0.5, 0.6) is 11.6 Å². The summed E-state index contributed by atoms with van der Waals surface area (Å²) in [5.74, 6) is 1.03. The summed E-state index contributed by atoms with van der Waals surface area (Å²) in [6.45, 7) is 6.22. The van der Waals surface area contributed by atoms with Crippen LogP contribution >= 0.6 is 0 Å².